The van der Waals surface area contributed by atoms with E-state index in [4.69, 9.17) is 16.3 Å². The zero-order chi connectivity index (χ0) is 14.5. The van der Waals surface area contributed by atoms with Gasteiger partial charge in [0, 0.05) is 10.7 Å². The third-order valence-electron chi connectivity index (χ3n) is 2.50. The van der Waals surface area contributed by atoms with Gasteiger partial charge in [-0.2, -0.15) is 0 Å². The van der Waals surface area contributed by atoms with Gasteiger partial charge in [-0.15, -0.1) is 0 Å². The van der Waals surface area contributed by atoms with Crippen LogP contribution in [0.2, 0.25) is 5.02 Å². The summed E-state index contributed by atoms with van der Waals surface area (Å²) in [7, 11) is 0. The fourth-order valence-corrected chi connectivity index (χ4v) is 2.21. The molecule has 1 N–H and O–H groups in total. The zero-order valence-electron chi connectivity index (χ0n) is 10.6. The molecule has 0 spiro atoms. The highest BCUT2D eigenvalue weighted by Gasteiger charge is 2.16. The smallest absolute Gasteiger partial charge is 0.265 e. The summed E-state index contributed by atoms with van der Waals surface area (Å²) in [5, 5.41) is 3.16. The van der Waals surface area contributed by atoms with Crippen LogP contribution in [0.25, 0.3) is 0 Å². The molecular weight excluding hydrogens is 344 g/mol. The predicted octanol–water partition coefficient (Wildman–Crippen LogP) is 3.90. The van der Waals surface area contributed by atoms with Crippen LogP contribution in [0.1, 0.15) is 6.92 Å². The summed E-state index contributed by atoms with van der Waals surface area (Å²) in [5.41, 5.74) is 0.620. The van der Waals surface area contributed by atoms with E-state index in [9.17, 15) is 4.79 Å². The molecule has 0 saturated carbocycles. The van der Waals surface area contributed by atoms with Crippen molar-refractivity contribution in [1.82, 2.24) is 4.98 Å². The van der Waals surface area contributed by atoms with Crippen molar-refractivity contribution in [3.8, 4) is 5.75 Å². The Hall–Kier alpha value is -1.59. The Bertz CT molecular complexity index is 607. The van der Waals surface area contributed by atoms with Gasteiger partial charge in [0.1, 0.15) is 5.75 Å². The monoisotopic (exact) mass is 354 g/mol. The number of carbonyl (C=O) groups excluding carboxylic acids is 1. The molecule has 1 aromatic carbocycles. The van der Waals surface area contributed by atoms with Crippen molar-refractivity contribution < 1.29 is 9.53 Å². The molecule has 0 saturated heterocycles. The van der Waals surface area contributed by atoms with Gasteiger partial charge in [0.25, 0.3) is 5.91 Å². The lowest BCUT2D eigenvalue weighted by Gasteiger charge is -2.15. The second-order valence-corrected chi connectivity index (χ2v) is 5.39. The molecule has 6 heteroatoms. The number of ether oxygens (including phenoxy) is 1. The summed E-state index contributed by atoms with van der Waals surface area (Å²) in [5.74, 6) is 0.195. The number of aromatic nitrogens is 1. The van der Waals surface area contributed by atoms with E-state index in [-0.39, 0.29) is 5.91 Å². The van der Waals surface area contributed by atoms with E-state index >= 15 is 0 Å². The van der Waals surface area contributed by atoms with Crippen LogP contribution < -0.4 is 10.1 Å². The Morgan fingerprint density at radius 1 is 1.45 bits per heavy atom. The number of nitrogens with one attached hydrogen (secondary N) is 1. The van der Waals surface area contributed by atoms with Gasteiger partial charge >= 0.3 is 0 Å². The molecule has 0 radical (unpaired) electrons. The molecule has 1 heterocycles. The van der Waals surface area contributed by atoms with Crippen LogP contribution in [0.5, 0.6) is 5.75 Å². The lowest BCUT2D eigenvalue weighted by molar-refractivity contribution is -0.122. The minimum Gasteiger partial charge on any atom is -0.479 e. The number of anilines is 1. The van der Waals surface area contributed by atoms with Crippen molar-refractivity contribution in [2.75, 3.05) is 5.32 Å². The van der Waals surface area contributed by atoms with E-state index in [2.05, 4.69) is 26.2 Å². The standard InChI is InChI=1S/C14H12BrClN2O2/c1-9(14(19)18-11-3-2-6-17-8-11)20-13-5-4-10(15)7-12(13)16/h2-9H,1H3,(H,18,19). The molecule has 104 valence electrons. The molecule has 20 heavy (non-hydrogen) atoms. The number of benzene rings is 1. The van der Waals surface area contributed by atoms with Gasteiger partial charge in [-0.25, -0.2) is 0 Å². The van der Waals surface area contributed by atoms with Gasteiger partial charge < -0.3 is 10.1 Å². The van der Waals surface area contributed by atoms with Crippen molar-refractivity contribution in [2.45, 2.75) is 13.0 Å². The highest BCUT2D eigenvalue weighted by atomic mass is 79.9. The van der Waals surface area contributed by atoms with E-state index in [0.29, 0.717) is 16.5 Å². The largest absolute Gasteiger partial charge is 0.479 e. The number of pyridine rings is 1. The summed E-state index contributed by atoms with van der Waals surface area (Å²) in [4.78, 5) is 15.9. The summed E-state index contributed by atoms with van der Waals surface area (Å²) in [6.07, 6.45) is 2.53. The topological polar surface area (TPSA) is 51.2 Å². The average Bonchev–Trinajstić information content (AvgIpc) is 2.43. The van der Waals surface area contributed by atoms with Gasteiger partial charge in [-0.05, 0) is 37.3 Å². The number of halogens is 2. The SMILES string of the molecule is CC(Oc1ccc(Br)cc1Cl)C(=O)Nc1cccnc1. The highest BCUT2D eigenvalue weighted by Crippen LogP contribution is 2.28. The molecule has 1 aromatic heterocycles. The Morgan fingerprint density at radius 2 is 2.25 bits per heavy atom. The van der Waals surface area contributed by atoms with Crippen LogP contribution in [0.3, 0.4) is 0 Å². The van der Waals surface area contributed by atoms with Crippen molar-refractivity contribution in [2.24, 2.45) is 0 Å². The average molecular weight is 356 g/mol. The Morgan fingerprint density at radius 3 is 2.90 bits per heavy atom. The van der Waals surface area contributed by atoms with Gasteiger partial charge in [0.2, 0.25) is 0 Å². The lowest BCUT2D eigenvalue weighted by atomic mass is 10.3. The summed E-state index contributed by atoms with van der Waals surface area (Å²) in [6.45, 7) is 1.66. The molecular formula is C14H12BrClN2O2. The van der Waals surface area contributed by atoms with Crippen molar-refractivity contribution in [1.29, 1.82) is 0 Å². The molecule has 1 atom stereocenters. The molecule has 0 bridgehead atoms. The number of hydrogen-bond acceptors (Lipinski definition) is 3. The first kappa shape index (κ1) is 14.8. The van der Waals surface area contributed by atoms with E-state index in [1.165, 1.54) is 0 Å². The molecule has 4 nitrogen and oxygen atoms in total. The Balaban J connectivity index is 2.00. The molecule has 0 aliphatic heterocycles. The lowest BCUT2D eigenvalue weighted by Crippen LogP contribution is -2.30. The number of rotatable bonds is 4. The number of nitrogens with zero attached hydrogens (tertiary/aromatic N) is 1. The minimum absolute atomic E-state index is 0.267. The first-order valence-electron chi connectivity index (χ1n) is 5.89. The summed E-state index contributed by atoms with van der Waals surface area (Å²) >= 11 is 9.35. The molecule has 0 aliphatic rings. The van der Waals surface area contributed by atoms with Crippen LogP contribution in [0, 0.1) is 0 Å². The Labute approximate surface area is 130 Å². The van der Waals surface area contributed by atoms with Gasteiger partial charge in [0.05, 0.1) is 16.9 Å². The fourth-order valence-electron chi connectivity index (χ4n) is 1.50. The van der Waals surface area contributed by atoms with Gasteiger partial charge in [-0.1, -0.05) is 27.5 Å². The number of amides is 1. The zero-order valence-corrected chi connectivity index (χ0v) is 13.0. The second kappa shape index (κ2) is 6.72. The number of carbonyl (C=O) groups is 1. The molecule has 2 aromatic rings. The van der Waals surface area contributed by atoms with E-state index < -0.39 is 6.10 Å². The van der Waals surface area contributed by atoms with Crippen molar-refractivity contribution in [3.05, 3.63) is 52.2 Å². The molecule has 0 fully saturated rings. The van der Waals surface area contributed by atoms with Crippen molar-refractivity contribution in [3.63, 3.8) is 0 Å². The number of hydrogen-bond donors (Lipinski definition) is 1. The fraction of sp³-hybridized carbons (Fsp3) is 0.143. The minimum atomic E-state index is -0.672. The van der Waals surface area contributed by atoms with E-state index in [1.807, 2.05) is 0 Å². The maximum Gasteiger partial charge on any atom is 0.265 e. The third-order valence-corrected chi connectivity index (χ3v) is 3.28. The predicted molar refractivity (Wildman–Crippen MR) is 82.1 cm³/mol. The van der Waals surface area contributed by atoms with Crippen LogP contribution in [0.4, 0.5) is 5.69 Å². The molecule has 1 unspecified atom stereocenters. The van der Waals surface area contributed by atoms with Crippen LogP contribution in [-0.2, 0) is 4.79 Å². The van der Waals surface area contributed by atoms with Gasteiger partial charge in [-0.3, -0.25) is 9.78 Å². The highest BCUT2D eigenvalue weighted by molar-refractivity contribution is 9.10. The summed E-state index contributed by atoms with van der Waals surface area (Å²) < 4.78 is 6.40. The van der Waals surface area contributed by atoms with Gasteiger partial charge in [0.15, 0.2) is 6.10 Å². The Kier molecular flexibility index (Phi) is 4.98. The maximum atomic E-state index is 12.0. The quantitative estimate of drug-likeness (QED) is 0.905. The molecule has 0 aliphatic carbocycles. The van der Waals surface area contributed by atoms with Crippen LogP contribution >= 0.6 is 27.5 Å². The second-order valence-electron chi connectivity index (χ2n) is 4.07. The van der Waals surface area contributed by atoms with Crippen LogP contribution in [-0.4, -0.2) is 17.0 Å². The summed E-state index contributed by atoms with van der Waals surface area (Å²) in [6, 6.07) is 8.72. The molecule has 2 rings (SSSR count). The molecule has 1 amide bonds. The normalized spacial score (nSPS) is 11.8. The van der Waals surface area contributed by atoms with E-state index in [0.717, 1.165) is 4.47 Å². The maximum absolute atomic E-state index is 12.0. The van der Waals surface area contributed by atoms with Crippen molar-refractivity contribution >= 4 is 39.1 Å². The van der Waals surface area contributed by atoms with Crippen LogP contribution in [0.15, 0.2) is 47.2 Å². The first-order chi connectivity index (χ1) is 9.56. The first-order valence-corrected chi connectivity index (χ1v) is 7.06. The third kappa shape index (κ3) is 3.95. The van der Waals surface area contributed by atoms with E-state index in [1.54, 1.807) is 49.6 Å².